The SMILES string of the molecule is O=C(c1ccccc1CCCl)c1ccccc1CCCl. The van der Waals surface area contributed by atoms with Crippen LogP contribution in [0.3, 0.4) is 0 Å². The van der Waals surface area contributed by atoms with E-state index in [4.69, 9.17) is 23.2 Å². The average Bonchev–Trinajstić information content (AvgIpc) is 2.48. The van der Waals surface area contributed by atoms with Crippen LogP contribution in [0.25, 0.3) is 0 Å². The van der Waals surface area contributed by atoms with Crippen molar-refractivity contribution in [2.45, 2.75) is 12.8 Å². The van der Waals surface area contributed by atoms with Gasteiger partial charge in [-0.2, -0.15) is 0 Å². The van der Waals surface area contributed by atoms with Crippen LogP contribution in [0, 0.1) is 0 Å². The van der Waals surface area contributed by atoms with Crippen LogP contribution in [-0.2, 0) is 12.8 Å². The van der Waals surface area contributed by atoms with Gasteiger partial charge in [0.05, 0.1) is 0 Å². The first-order valence-corrected chi connectivity index (χ1v) is 7.67. The molecule has 0 aliphatic carbocycles. The van der Waals surface area contributed by atoms with Crippen LogP contribution in [0.15, 0.2) is 48.5 Å². The Morgan fingerprint density at radius 3 is 1.55 bits per heavy atom. The van der Waals surface area contributed by atoms with Gasteiger partial charge in [-0.15, -0.1) is 23.2 Å². The van der Waals surface area contributed by atoms with Crippen molar-refractivity contribution in [1.82, 2.24) is 0 Å². The normalized spacial score (nSPS) is 10.5. The number of hydrogen-bond acceptors (Lipinski definition) is 1. The van der Waals surface area contributed by atoms with Gasteiger partial charge in [-0.1, -0.05) is 48.5 Å². The number of ketones is 1. The van der Waals surface area contributed by atoms with Crippen molar-refractivity contribution in [3.8, 4) is 0 Å². The lowest BCUT2D eigenvalue weighted by atomic mass is 9.93. The molecular weight excluding hydrogens is 291 g/mol. The van der Waals surface area contributed by atoms with E-state index in [0.717, 1.165) is 22.3 Å². The number of alkyl halides is 2. The van der Waals surface area contributed by atoms with Crippen LogP contribution >= 0.6 is 23.2 Å². The second-order valence-electron chi connectivity index (χ2n) is 4.52. The molecule has 2 aromatic carbocycles. The molecule has 0 fully saturated rings. The molecule has 0 heterocycles. The summed E-state index contributed by atoms with van der Waals surface area (Å²) in [6.45, 7) is 0. The summed E-state index contributed by atoms with van der Waals surface area (Å²) in [5.41, 5.74) is 3.45. The summed E-state index contributed by atoms with van der Waals surface area (Å²) < 4.78 is 0. The van der Waals surface area contributed by atoms with Crippen molar-refractivity contribution in [3.05, 3.63) is 70.8 Å². The molecule has 0 atom stereocenters. The van der Waals surface area contributed by atoms with Crippen LogP contribution in [-0.4, -0.2) is 17.5 Å². The molecule has 1 nitrogen and oxygen atoms in total. The predicted octanol–water partition coefficient (Wildman–Crippen LogP) is 4.48. The fourth-order valence-electron chi connectivity index (χ4n) is 2.27. The highest BCUT2D eigenvalue weighted by molar-refractivity contribution is 6.18. The Kier molecular flexibility index (Phi) is 5.63. The molecule has 20 heavy (non-hydrogen) atoms. The number of rotatable bonds is 6. The molecule has 0 unspecified atom stereocenters. The summed E-state index contributed by atoms with van der Waals surface area (Å²) in [5, 5.41) is 0. The fraction of sp³-hybridized carbons (Fsp3) is 0.235. The van der Waals surface area contributed by atoms with Crippen molar-refractivity contribution >= 4 is 29.0 Å². The zero-order valence-corrected chi connectivity index (χ0v) is 12.6. The third kappa shape index (κ3) is 3.41. The summed E-state index contributed by atoms with van der Waals surface area (Å²) in [6, 6.07) is 15.3. The highest BCUT2D eigenvalue weighted by Gasteiger charge is 2.15. The molecule has 0 saturated heterocycles. The molecule has 0 spiro atoms. The summed E-state index contributed by atoms with van der Waals surface area (Å²) in [7, 11) is 0. The first kappa shape index (κ1) is 15.1. The molecule has 104 valence electrons. The summed E-state index contributed by atoms with van der Waals surface area (Å²) in [4.78, 5) is 12.8. The van der Waals surface area contributed by atoms with E-state index in [9.17, 15) is 4.79 Å². The zero-order valence-electron chi connectivity index (χ0n) is 11.1. The number of hydrogen-bond donors (Lipinski definition) is 0. The topological polar surface area (TPSA) is 17.1 Å². The average molecular weight is 307 g/mol. The number of benzene rings is 2. The van der Waals surface area contributed by atoms with Crippen LogP contribution < -0.4 is 0 Å². The van der Waals surface area contributed by atoms with E-state index in [-0.39, 0.29) is 5.78 Å². The highest BCUT2D eigenvalue weighted by Crippen LogP contribution is 2.19. The van der Waals surface area contributed by atoms with Crippen LogP contribution in [0.1, 0.15) is 27.0 Å². The smallest absolute Gasteiger partial charge is 0.193 e. The maximum atomic E-state index is 12.8. The fourth-order valence-corrected chi connectivity index (χ4v) is 2.68. The standard InChI is InChI=1S/C17H16Cl2O/c18-11-9-13-5-1-3-7-15(13)17(20)16-8-4-2-6-14(16)10-12-19/h1-8H,9-12H2. The summed E-state index contributed by atoms with van der Waals surface area (Å²) in [6.07, 6.45) is 1.39. The van der Waals surface area contributed by atoms with E-state index in [2.05, 4.69) is 0 Å². The molecule has 0 aromatic heterocycles. The number of carbonyl (C=O) groups excluding carboxylic acids is 1. The molecule has 0 N–H and O–H groups in total. The van der Waals surface area contributed by atoms with Gasteiger partial charge in [0.25, 0.3) is 0 Å². The summed E-state index contributed by atoms with van der Waals surface area (Å²) in [5.74, 6) is 1.06. The van der Waals surface area contributed by atoms with E-state index in [0.29, 0.717) is 24.6 Å². The van der Waals surface area contributed by atoms with Crippen molar-refractivity contribution in [2.75, 3.05) is 11.8 Å². The van der Waals surface area contributed by atoms with E-state index in [1.807, 2.05) is 48.5 Å². The van der Waals surface area contributed by atoms with E-state index < -0.39 is 0 Å². The predicted molar refractivity (Wildman–Crippen MR) is 85.2 cm³/mol. The van der Waals surface area contributed by atoms with Gasteiger partial charge in [0.15, 0.2) is 5.78 Å². The molecule has 2 aromatic rings. The molecule has 0 bridgehead atoms. The third-order valence-electron chi connectivity index (χ3n) is 3.25. The van der Waals surface area contributed by atoms with Gasteiger partial charge in [0.2, 0.25) is 0 Å². The van der Waals surface area contributed by atoms with Gasteiger partial charge in [-0.25, -0.2) is 0 Å². The van der Waals surface area contributed by atoms with Crippen molar-refractivity contribution in [1.29, 1.82) is 0 Å². The molecule has 3 heteroatoms. The first-order chi connectivity index (χ1) is 9.77. The van der Waals surface area contributed by atoms with E-state index in [1.54, 1.807) is 0 Å². The molecular formula is C17H16Cl2O. The highest BCUT2D eigenvalue weighted by atomic mass is 35.5. The van der Waals surface area contributed by atoms with Gasteiger partial charge < -0.3 is 0 Å². The van der Waals surface area contributed by atoms with Gasteiger partial charge in [0.1, 0.15) is 0 Å². The van der Waals surface area contributed by atoms with Gasteiger partial charge >= 0.3 is 0 Å². The number of aryl methyl sites for hydroxylation is 2. The van der Waals surface area contributed by atoms with Crippen LogP contribution in [0.2, 0.25) is 0 Å². The number of halogens is 2. The Bertz CT molecular complexity index is 542. The quantitative estimate of drug-likeness (QED) is 0.568. The minimum absolute atomic E-state index is 0.0476. The minimum Gasteiger partial charge on any atom is -0.289 e. The Morgan fingerprint density at radius 2 is 1.15 bits per heavy atom. The van der Waals surface area contributed by atoms with Crippen LogP contribution in [0.5, 0.6) is 0 Å². The van der Waals surface area contributed by atoms with Gasteiger partial charge in [-0.3, -0.25) is 4.79 Å². The zero-order chi connectivity index (χ0) is 14.4. The Morgan fingerprint density at radius 1 is 0.750 bits per heavy atom. The van der Waals surface area contributed by atoms with Crippen LogP contribution in [0.4, 0.5) is 0 Å². The molecule has 0 aliphatic rings. The molecule has 0 amide bonds. The third-order valence-corrected chi connectivity index (χ3v) is 3.63. The largest absolute Gasteiger partial charge is 0.289 e. The Balaban J connectivity index is 2.41. The Labute approximate surface area is 129 Å². The maximum absolute atomic E-state index is 12.8. The van der Waals surface area contributed by atoms with Crippen molar-refractivity contribution in [2.24, 2.45) is 0 Å². The van der Waals surface area contributed by atoms with E-state index in [1.165, 1.54) is 0 Å². The molecule has 0 radical (unpaired) electrons. The van der Waals surface area contributed by atoms with Gasteiger partial charge in [-0.05, 0) is 24.0 Å². The molecule has 2 rings (SSSR count). The van der Waals surface area contributed by atoms with Crippen molar-refractivity contribution in [3.63, 3.8) is 0 Å². The molecule has 0 aliphatic heterocycles. The number of carbonyl (C=O) groups is 1. The Hall–Kier alpha value is -1.31. The van der Waals surface area contributed by atoms with Gasteiger partial charge in [0, 0.05) is 22.9 Å². The first-order valence-electron chi connectivity index (χ1n) is 6.60. The monoisotopic (exact) mass is 306 g/mol. The minimum atomic E-state index is 0.0476. The second-order valence-corrected chi connectivity index (χ2v) is 5.28. The second kappa shape index (κ2) is 7.47. The summed E-state index contributed by atoms with van der Waals surface area (Å²) >= 11 is 11.6. The maximum Gasteiger partial charge on any atom is 0.193 e. The molecule has 0 saturated carbocycles. The lowest BCUT2D eigenvalue weighted by Gasteiger charge is -2.10. The van der Waals surface area contributed by atoms with Crippen molar-refractivity contribution < 1.29 is 4.79 Å². The van der Waals surface area contributed by atoms with E-state index >= 15 is 0 Å². The lowest BCUT2D eigenvalue weighted by molar-refractivity contribution is 0.103. The lowest BCUT2D eigenvalue weighted by Crippen LogP contribution is -2.09.